The molecule has 0 atom stereocenters. The monoisotopic (exact) mass is 252 g/mol. The van der Waals surface area contributed by atoms with Crippen molar-refractivity contribution in [3.63, 3.8) is 0 Å². The van der Waals surface area contributed by atoms with Crippen LogP contribution in [0.1, 0.15) is 71.1 Å². The van der Waals surface area contributed by atoms with Gasteiger partial charge >= 0.3 is 0 Å². The largest absolute Gasteiger partial charge is 0.314 e. The van der Waals surface area contributed by atoms with Crippen molar-refractivity contribution in [1.29, 1.82) is 0 Å². The normalized spacial score (nSPS) is 31.8. The van der Waals surface area contributed by atoms with E-state index in [0.29, 0.717) is 0 Å². The third-order valence-electron chi connectivity index (χ3n) is 4.79. The maximum Gasteiger partial charge on any atom is 0.00964 e. The van der Waals surface area contributed by atoms with E-state index in [0.717, 1.165) is 12.1 Å². The van der Waals surface area contributed by atoms with Gasteiger partial charge in [0, 0.05) is 12.1 Å². The zero-order valence-electron chi connectivity index (χ0n) is 12.3. The van der Waals surface area contributed by atoms with Crippen molar-refractivity contribution in [2.24, 2.45) is 0 Å². The molecule has 1 saturated heterocycles. The molecular formula is C16H32N2. The third-order valence-corrected chi connectivity index (χ3v) is 4.79. The van der Waals surface area contributed by atoms with Crippen molar-refractivity contribution < 1.29 is 0 Å². The minimum absolute atomic E-state index is 0.816. The van der Waals surface area contributed by atoms with Crippen molar-refractivity contribution in [3.8, 4) is 0 Å². The highest BCUT2D eigenvalue weighted by molar-refractivity contribution is 4.83. The van der Waals surface area contributed by atoms with E-state index in [1.165, 1.54) is 83.8 Å². The molecule has 2 rings (SSSR count). The number of rotatable bonds is 4. The Labute approximate surface area is 114 Å². The number of nitrogens with one attached hydrogen (secondary N) is 1. The number of likely N-dealkylation sites (tertiary alicyclic amines) is 1. The fourth-order valence-corrected chi connectivity index (χ4v) is 3.63. The van der Waals surface area contributed by atoms with Crippen LogP contribution in [0.15, 0.2) is 0 Å². The first-order valence-corrected chi connectivity index (χ1v) is 8.37. The first-order valence-electron chi connectivity index (χ1n) is 8.37. The third kappa shape index (κ3) is 4.55. The Morgan fingerprint density at radius 2 is 1.50 bits per heavy atom. The molecule has 2 fully saturated rings. The van der Waals surface area contributed by atoms with E-state index in [1.54, 1.807) is 0 Å². The van der Waals surface area contributed by atoms with Crippen molar-refractivity contribution in [1.82, 2.24) is 10.2 Å². The van der Waals surface area contributed by atoms with E-state index >= 15 is 0 Å². The van der Waals surface area contributed by atoms with Crippen molar-refractivity contribution in [2.75, 3.05) is 19.6 Å². The Hall–Kier alpha value is -0.0800. The molecule has 0 aromatic heterocycles. The summed E-state index contributed by atoms with van der Waals surface area (Å²) < 4.78 is 0. The lowest BCUT2D eigenvalue weighted by atomic mass is 9.89. The van der Waals surface area contributed by atoms with Gasteiger partial charge in [0.1, 0.15) is 0 Å². The van der Waals surface area contributed by atoms with Crippen LogP contribution in [0, 0.1) is 0 Å². The average molecular weight is 252 g/mol. The second kappa shape index (κ2) is 8.16. The quantitative estimate of drug-likeness (QED) is 0.823. The summed E-state index contributed by atoms with van der Waals surface area (Å²) in [6.45, 7) is 6.22. The van der Waals surface area contributed by atoms with E-state index in [9.17, 15) is 0 Å². The summed E-state index contributed by atoms with van der Waals surface area (Å²) in [4.78, 5) is 2.81. The Bertz CT molecular complexity index is 201. The number of hydrogen-bond donors (Lipinski definition) is 1. The van der Waals surface area contributed by atoms with Gasteiger partial charge in [-0.2, -0.15) is 0 Å². The zero-order chi connectivity index (χ0) is 12.6. The molecule has 2 heteroatoms. The molecule has 0 bridgehead atoms. The van der Waals surface area contributed by atoms with Crippen molar-refractivity contribution in [2.45, 2.75) is 83.2 Å². The van der Waals surface area contributed by atoms with Gasteiger partial charge in [-0.05, 0) is 64.6 Å². The molecule has 0 radical (unpaired) electrons. The molecule has 2 nitrogen and oxygen atoms in total. The van der Waals surface area contributed by atoms with Gasteiger partial charge in [0.05, 0.1) is 0 Å². The Morgan fingerprint density at radius 1 is 0.889 bits per heavy atom. The zero-order valence-corrected chi connectivity index (χ0v) is 12.3. The van der Waals surface area contributed by atoms with Crippen LogP contribution in [0.2, 0.25) is 0 Å². The smallest absolute Gasteiger partial charge is 0.00964 e. The molecule has 0 aromatic carbocycles. The molecule has 1 heterocycles. The summed E-state index contributed by atoms with van der Waals surface area (Å²) in [5.74, 6) is 0. The predicted octanol–water partition coefficient (Wildman–Crippen LogP) is 3.56. The summed E-state index contributed by atoms with van der Waals surface area (Å²) in [7, 11) is 0. The fraction of sp³-hybridized carbons (Fsp3) is 1.00. The van der Waals surface area contributed by atoms with Crippen molar-refractivity contribution in [3.05, 3.63) is 0 Å². The fourth-order valence-electron chi connectivity index (χ4n) is 3.63. The van der Waals surface area contributed by atoms with Gasteiger partial charge < -0.3 is 10.2 Å². The van der Waals surface area contributed by atoms with Gasteiger partial charge in [-0.3, -0.25) is 0 Å². The van der Waals surface area contributed by atoms with Gasteiger partial charge in [0.25, 0.3) is 0 Å². The lowest BCUT2D eigenvalue weighted by molar-refractivity contribution is 0.132. The van der Waals surface area contributed by atoms with Gasteiger partial charge in [-0.25, -0.2) is 0 Å². The van der Waals surface area contributed by atoms with E-state index in [4.69, 9.17) is 0 Å². The van der Waals surface area contributed by atoms with Gasteiger partial charge in [0.15, 0.2) is 0 Å². The lowest BCUT2D eigenvalue weighted by Gasteiger charge is -2.38. The Kier molecular flexibility index (Phi) is 6.50. The first-order chi connectivity index (χ1) is 8.90. The van der Waals surface area contributed by atoms with Crippen LogP contribution in [0.3, 0.4) is 0 Å². The number of nitrogens with zero attached hydrogens (tertiary/aromatic N) is 1. The second-order valence-corrected chi connectivity index (χ2v) is 6.26. The summed E-state index contributed by atoms with van der Waals surface area (Å²) in [6, 6.07) is 1.72. The molecule has 1 N–H and O–H groups in total. The highest BCUT2D eigenvalue weighted by atomic mass is 15.2. The van der Waals surface area contributed by atoms with Crippen LogP contribution in [0.25, 0.3) is 0 Å². The average Bonchev–Trinajstić information content (AvgIpc) is 2.37. The van der Waals surface area contributed by atoms with E-state index in [-0.39, 0.29) is 0 Å². The number of hydrogen-bond acceptors (Lipinski definition) is 2. The summed E-state index contributed by atoms with van der Waals surface area (Å²) >= 11 is 0. The second-order valence-electron chi connectivity index (χ2n) is 6.26. The SMILES string of the molecule is CCCNC1CCC(N2CCCCCCC2)CC1. The summed E-state index contributed by atoms with van der Waals surface area (Å²) in [5.41, 5.74) is 0. The van der Waals surface area contributed by atoms with Crippen LogP contribution < -0.4 is 5.32 Å². The van der Waals surface area contributed by atoms with Gasteiger partial charge in [-0.1, -0.05) is 26.2 Å². The summed E-state index contributed by atoms with van der Waals surface area (Å²) in [5, 5.41) is 3.70. The maximum atomic E-state index is 3.70. The molecule has 0 spiro atoms. The summed E-state index contributed by atoms with van der Waals surface area (Å²) in [6.07, 6.45) is 14.2. The van der Waals surface area contributed by atoms with Crippen molar-refractivity contribution >= 4 is 0 Å². The molecule has 0 unspecified atom stereocenters. The van der Waals surface area contributed by atoms with Crippen LogP contribution in [-0.2, 0) is 0 Å². The first kappa shape index (κ1) is 14.3. The molecule has 1 aliphatic heterocycles. The van der Waals surface area contributed by atoms with Crippen LogP contribution >= 0.6 is 0 Å². The van der Waals surface area contributed by atoms with Gasteiger partial charge in [0.2, 0.25) is 0 Å². The Morgan fingerprint density at radius 3 is 2.11 bits per heavy atom. The van der Waals surface area contributed by atoms with E-state index in [1.807, 2.05) is 0 Å². The molecule has 0 aromatic rings. The molecule has 0 amide bonds. The Balaban J connectivity index is 1.70. The van der Waals surface area contributed by atoms with Gasteiger partial charge in [-0.15, -0.1) is 0 Å². The van der Waals surface area contributed by atoms with E-state index in [2.05, 4.69) is 17.1 Å². The molecule has 18 heavy (non-hydrogen) atoms. The molecule has 106 valence electrons. The standard InChI is InChI=1S/C16H32N2/c1-2-12-17-15-8-10-16(11-9-15)18-13-6-4-3-5-7-14-18/h15-17H,2-14H2,1H3. The molecule has 1 saturated carbocycles. The van der Waals surface area contributed by atoms with Crippen LogP contribution in [0.4, 0.5) is 0 Å². The van der Waals surface area contributed by atoms with Crippen LogP contribution in [-0.4, -0.2) is 36.6 Å². The minimum atomic E-state index is 0.816. The topological polar surface area (TPSA) is 15.3 Å². The molecule has 1 aliphatic carbocycles. The molecule has 2 aliphatic rings. The highest BCUT2D eigenvalue weighted by Gasteiger charge is 2.25. The predicted molar refractivity (Wildman–Crippen MR) is 79.0 cm³/mol. The highest BCUT2D eigenvalue weighted by Crippen LogP contribution is 2.25. The maximum absolute atomic E-state index is 3.70. The minimum Gasteiger partial charge on any atom is -0.314 e. The van der Waals surface area contributed by atoms with Crippen LogP contribution in [0.5, 0.6) is 0 Å². The van der Waals surface area contributed by atoms with E-state index < -0.39 is 0 Å². The lowest BCUT2D eigenvalue weighted by Crippen LogP contribution is -2.43. The molecular weight excluding hydrogens is 220 g/mol.